The van der Waals surface area contributed by atoms with E-state index < -0.39 is 17.8 Å². The van der Waals surface area contributed by atoms with Crippen molar-refractivity contribution in [3.63, 3.8) is 0 Å². The standard InChI is InChI=1S/C23H28BrFN2O3/c1-5-16(3)26-23(29)17(4)27(13-18-8-6-7-9-21(18)25)22(28)14-30-19-10-11-20(24)15(2)12-19/h6-12,16-17H,5,13-14H2,1-4H3,(H,26,29). The van der Waals surface area contributed by atoms with Gasteiger partial charge in [0.15, 0.2) is 6.61 Å². The molecular formula is C23H28BrFN2O3. The van der Waals surface area contributed by atoms with Crippen LogP contribution in [0.4, 0.5) is 4.39 Å². The minimum atomic E-state index is -0.777. The summed E-state index contributed by atoms with van der Waals surface area (Å²) in [6.45, 7) is 7.14. The number of hydrogen-bond donors (Lipinski definition) is 1. The molecular weight excluding hydrogens is 451 g/mol. The summed E-state index contributed by atoms with van der Waals surface area (Å²) in [4.78, 5) is 27.0. The summed E-state index contributed by atoms with van der Waals surface area (Å²) in [5.41, 5.74) is 1.32. The molecule has 0 aromatic heterocycles. The zero-order valence-electron chi connectivity index (χ0n) is 17.7. The van der Waals surface area contributed by atoms with E-state index in [-0.39, 0.29) is 25.1 Å². The van der Waals surface area contributed by atoms with E-state index in [0.717, 1.165) is 16.5 Å². The van der Waals surface area contributed by atoms with Crippen molar-refractivity contribution >= 4 is 27.7 Å². The Balaban J connectivity index is 2.18. The number of nitrogens with zero attached hydrogens (tertiary/aromatic N) is 1. The molecule has 0 fully saturated rings. The molecule has 7 heteroatoms. The zero-order chi connectivity index (χ0) is 22.3. The highest BCUT2D eigenvalue weighted by atomic mass is 79.9. The quantitative estimate of drug-likeness (QED) is 0.572. The summed E-state index contributed by atoms with van der Waals surface area (Å²) >= 11 is 3.43. The molecule has 0 radical (unpaired) electrons. The highest BCUT2D eigenvalue weighted by Crippen LogP contribution is 2.22. The van der Waals surface area contributed by atoms with Crippen molar-refractivity contribution < 1.29 is 18.7 Å². The minimum absolute atomic E-state index is 0.0210. The maximum Gasteiger partial charge on any atom is 0.261 e. The largest absolute Gasteiger partial charge is 0.484 e. The van der Waals surface area contributed by atoms with Crippen LogP contribution in [0, 0.1) is 12.7 Å². The fraction of sp³-hybridized carbons (Fsp3) is 0.391. The molecule has 0 saturated carbocycles. The van der Waals surface area contributed by atoms with Crippen LogP contribution in [-0.4, -0.2) is 35.4 Å². The highest BCUT2D eigenvalue weighted by Gasteiger charge is 2.27. The Kier molecular flexibility index (Phi) is 8.84. The van der Waals surface area contributed by atoms with E-state index in [1.807, 2.05) is 32.9 Å². The van der Waals surface area contributed by atoms with Gasteiger partial charge in [0.1, 0.15) is 17.6 Å². The Morgan fingerprint density at radius 3 is 2.53 bits per heavy atom. The van der Waals surface area contributed by atoms with Crippen LogP contribution in [0.1, 0.15) is 38.3 Å². The lowest BCUT2D eigenvalue weighted by molar-refractivity contribution is -0.142. The summed E-state index contributed by atoms with van der Waals surface area (Å²) in [7, 11) is 0. The summed E-state index contributed by atoms with van der Waals surface area (Å²) in [6.07, 6.45) is 0.770. The molecule has 0 aliphatic rings. The second-order valence-corrected chi connectivity index (χ2v) is 8.16. The van der Waals surface area contributed by atoms with Gasteiger partial charge in [-0.05, 0) is 57.0 Å². The first-order valence-corrected chi connectivity index (χ1v) is 10.7. The number of halogens is 2. The Morgan fingerprint density at radius 2 is 1.90 bits per heavy atom. The Bertz CT molecular complexity index is 891. The first kappa shape index (κ1) is 23.9. The van der Waals surface area contributed by atoms with E-state index in [4.69, 9.17) is 4.74 Å². The van der Waals surface area contributed by atoms with Crippen LogP contribution >= 0.6 is 15.9 Å². The fourth-order valence-corrected chi connectivity index (χ4v) is 3.04. The maximum absolute atomic E-state index is 14.2. The van der Waals surface area contributed by atoms with Crippen LogP contribution in [0.3, 0.4) is 0 Å². The van der Waals surface area contributed by atoms with Crippen LogP contribution in [0.25, 0.3) is 0 Å². The van der Waals surface area contributed by atoms with Gasteiger partial charge in [0.05, 0.1) is 0 Å². The number of rotatable bonds is 9. The fourth-order valence-electron chi connectivity index (χ4n) is 2.79. The molecule has 2 amide bonds. The van der Waals surface area contributed by atoms with Gasteiger partial charge in [0, 0.05) is 22.6 Å². The Morgan fingerprint density at radius 1 is 1.20 bits per heavy atom. The van der Waals surface area contributed by atoms with Gasteiger partial charge in [-0.2, -0.15) is 0 Å². The third-order valence-electron chi connectivity index (χ3n) is 4.96. The van der Waals surface area contributed by atoms with Crippen LogP contribution in [0.2, 0.25) is 0 Å². The van der Waals surface area contributed by atoms with Crippen molar-refractivity contribution in [1.82, 2.24) is 10.2 Å². The molecule has 2 aromatic carbocycles. The van der Waals surface area contributed by atoms with E-state index in [0.29, 0.717) is 11.3 Å². The second-order valence-electron chi connectivity index (χ2n) is 7.31. The lowest BCUT2D eigenvalue weighted by Crippen LogP contribution is -2.50. The van der Waals surface area contributed by atoms with Gasteiger partial charge >= 0.3 is 0 Å². The molecule has 162 valence electrons. The summed E-state index contributed by atoms with van der Waals surface area (Å²) in [5, 5.41) is 2.88. The lowest BCUT2D eigenvalue weighted by Gasteiger charge is -2.29. The molecule has 0 aliphatic carbocycles. The van der Waals surface area contributed by atoms with Crippen LogP contribution in [-0.2, 0) is 16.1 Å². The number of ether oxygens (including phenoxy) is 1. The van der Waals surface area contributed by atoms with Gasteiger partial charge in [0.25, 0.3) is 5.91 Å². The van der Waals surface area contributed by atoms with E-state index in [1.54, 1.807) is 31.2 Å². The number of nitrogens with one attached hydrogen (secondary N) is 1. The van der Waals surface area contributed by atoms with Crippen molar-refractivity contribution in [3.05, 3.63) is 63.9 Å². The monoisotopic (exact) mass is 478 g/mol. The summed E-state index contributed by atoms with van der Waals surface area (Å²) in [6, 6.07) is 10.8. The first-order chi connectivity index (χ1) is 14.2. The molecule has 0 saturated heterocycles. The van der Waals surface area contributed by atoms with Gasteiger partial charge < -0.3 is 15.0 Å². The molecule has 0 aliphatic heterocycles. The van der Waals surface area contributed by atoms with Gasteiger partial charge in [-0.1, -0.05) is 41.1 Å². The molecule has 30 heavy (non-hydrogen) atoms. The molecule has 2 aromatic rings. The molecule has 1 N–H and O–H groups in total. The number of hydrogen-bond acceptors (Lipinski definition) is 3. The number of carbonyl (C=O) groups excluding carboxylic acids is 2. The molecule has 2 atom stereocenters. The van der Waals surface area contributed by atoms with E-state index in [2.05, 4.69) is 21.2 Å². The lowest BCUT2D eigenvalue weighted by atomic mass is 10.1. The average Bonchev–Trinajstić information content (AvgIpc) is 2.73. The van der Waals surface area contributed by atoms with Crippen molar-refractivity contribution in [2.75, 3.05) is 6.61 Å². The van der Waals surface area contributed by atoms with Gasteiger partial charge in [-0.25, -0.2) is 4.39 Å². The molecule has 2 rings (SSSR count). The summed E-state index contributed by atoms with van der Waals surface area (Å²) in [5.74, 6) is -0.556. The van der Waals surface area contributed by atoms with E-state index in [1.165, 1.54) is 11.0 Å². The Labute approximate surface area is 185 Å². The van der Waals surface area contributed by atoms with Crippen molar-refractivity contribution in [1.29, 1.82) is 0 Å². The number of benzene rings is 2. The molecule has 5 nitrogen and oxygen atoms in total. The van der Waals surface area contributed by atoms with Gasteiger partial charge in [-0.15, -0.1) is 0 Å². The average molecular weight is 479 g/mol. The van der Waals surface area contributed by atoms with Crippen molar-refractivity contribution in [2.24, 2.45) is 0 Å². The number of carbonyl (C=O) groups is 2. The summed E-state index contributed by atoms with van der Waals surface area (Å²) < 4.78 is 20.8. The van der Waals surface area contributed by atoms with E-state index >= 15 is 0 Å². The predicted octanol–water partition coefficient (Wildman–Crippen LogP) is 4.61. The van der Waals surface area contributed by atoms with Crippen molar-refractivity contribution in [2.45, 2.75) is 52.7 Å². The third-order valence-corrected chi connectivity index (χ3v) is 5.85. The van der Waals surface area contributed by atoms with Gasteiger partial charge in [-0.3, -0.25) is 9.59 Å². The maximum atomic E-state index is 14.2. The minimum Gasteiger partial charge on any atom is -0.484 e. The topological polar surface area (TPSA) is 58.6 Å². The van der Waals surface area contributed by atoms with E-state index in [9.17, 15) is 14.0 Å². The Hall–Kier alpha value is -2.41. The SMILES string of the molecule is CCC(C)NC(=O)C(C)N(Cc1ccccc1F)C(=O)COc1ccc(Br)c(C)c1. The first-order valence-electron chi connectivity index (χ1n) is 9.95. The number of amides is 2. The zero-order valence-corrected chi connectivity index (χ0v) is 19.3. The van der Waals surface area contributed by atoms with Crippen LogP contribution in [0.5, 0.6) is 5.75 Å². The smallest absolute Gasteiger partial charge is 0.261 e. The normalized spacial score (nSPS) is 12.7. The highest BCUT2D eigenvalue weighted by molar-refractivity contribution is 9.10. The van der Waals surface area contributed by atoms with Crippen LogP contribution < -0.4 is 10.1 Å². The molecule has 0 heterocycles. The molecule has 2 unspecified atom stereocenters. The van der Waals surface area contributed by atoms with Crippen LogP contribution in [0.15, 0.2) is 46.9 Å². The predicted molar refractivity (Wildman–Crippen MR) is 119 cm³/mol. The molecule has 0 spiro atoms. The second kappa shape index (κ2) is 11.1. The third kappa shape index (κ3) is 6.55. The van der Waals surface area contributed by atoms with Gasteiger partial charge in [0.2, 0.25) is 5.91 Å². The number of aryl methyl sites for hydroxylation is 1. The van der Waals surface area contributed by atoms with Crippen molar-refractivity contribution in [3.8, 4) is 5.75 Å². The molecule has 0 bridgehead atoms.